The fraction of sp³-hybridized carbons (Fsp3) is 0.308. The number of carboxylic acids is 1. The van der Waals surface area contributed by atoms with Gasteiger partial charge in [0.25, 0.3) is 0 Å². The van der Waals surface area contributed by atoms with Crippen LogP contribution < -0.4 is 19.5 Å². The third kappa shape index (κ3) is 3.78. The lowest BCUT2D eigenvalue weighted by Gasteiger charge is -2.22. The molecule has 0 unspecified atom stereocenters. The van der Waals surface area contributed by atoms with Gasteiger partial charge in [0.1, 0.15) is 5.75 Å². The molecule has 0 spiro atoms. The van der Waals surface area contributed by atoms with Crippen molar-refractivity contribution in [3.05, 3.63) is 82.7 Å². The average Bonchev–Trinajstić information content (AvgIpc) is 3.44. The number of aliphatic carboxylic acids is 1. The summed E-state index contributed by atoms with van der Waals surface area (Å²) >= 11 is 0. The van der Waals surface area contributed by atoms with Gasteiger partial charge >= 0.3 is 5.97 Å². The number of aromatic nitrogens is 1. The summed E-state index contributed by atoms with van der Waals surface area (Å²) in [4.78, 5) is 17.7. The predicted molar refractivity (Wildman–Crippen MR) is 122 cm³/mol. The van der Waals surface area contributed by atoms with Gasteiger partial charge in [-0.05, 0) is 53.6 Å². The van der Waals surface area contributed by atoms with Gasteiger partial charge in [0.05, 0.1) is 24.4 Å². The summed E-state index contributed by atoms with van der Waals surface area (Å²) in [6.45, 7) is 3.68. The van der Waals surface area contributed by atoms with Crippen LogP contribution in [0.3, 0.4) is 0 Å². The number of rotatable bonds is 7. The van der Waals surface area contributed by atoms with Crippen molar-refractivity contribution >= 4 is 5.97 Å². The Bertz CT molecular complexity index is 1180. The Balaban J connectivity index is 1.66. The Kier molecular flexibility index (Phi) is 5.64. The number of ether oxygens (including phenoxy) is 3. The first kappa shape index (κ1) is 21.3. The standard InChI is InChI=1S/C26H26N2O5/c1-3-27-13-17-7-10-19-22(16-6-11-20-21(12-16)33-14-32-20)24(26(29)30)23(25(19)28-17)15-4-8-18(31-2)9-5-15/h4-12,22-24,27H,3,13-14H2,1-2H3,(H,29,30)/t22-,23-,24+/m0/s1. The second-order valence-electron chi connectivity index (χ2n) is 8.26. The molecule has 0 saturated heterocycles. The molecule has 33 heavy (non-hydrogen) atoms. The van der Waals surface area contributed by atoms with E-state index in [4.69, 9.17) is 19.2 Å². The highest BCUT2D eigenvalue weighted by Gasteiger charge is 2.48. The van der Waals surface area contributed by atoms with Crippen LogP contribution in [0.1, 0.15) is 46.8 Å². The number of hydrogen-bond acceptors (Lipinski definition) is 6. The van der Waals surface area contributed by atoms with E-state index in [0.717, 1.165) is 40.4 Å². The molecule has 1 aliphatic heterocycles. The van der Waals surface area contributed by atoms with Gasteiger partial charge in [-0.3, -0.25) is 9.78 Å². The zero-order valence-corrected chi connectivity index (χ0v) is 18.6. The maximum atomic E-state index is 12.7. The van der Waals surface area contributed by atoms with Gasteiger partial charge in [-0.15, -0.1) is 0 Å². The third-order valence-corrected chi connectivity index (χ3v) is 6.43. The molecule has 7 heteroatoms. The highest BCUT2D eigenvalue weighted by Crippen LogP contribution is 2.53. The first-order valence-corrected chi connectivity index (χ1v) is 11.1. The van der Waals surface area contributed by atoms with E-state index in [1.165, 1.54) is 0 Å². The molecular formula is C26H26N2O5. The largest absolute Gasteiger partial charge is 0.497 e. The Hall–Kier alpha value is -3.58. The van der Waals surface area contributed by atoms with Gasteiger partial charge in [-0.25, -0.2) is 0 Å². The molecule has 7 nitrogen and oxygen atoms in total. The highest BCUT2D eigenvalue weighted by molar-refractivity contribution is 5.77. The molecule has 0 bridgehead atoms. The van der Waals surface area contributed by atoms with Crippen LogP contribution in [0.25, 0.3) is 0 Å². The first-order valence-electron chi connectivity index (χ1n) is 11.1. The van der Waals surface area contributed by atoms with E-state index < -0.39 is 11.9 Å². The molecule has 1 aromatic heterocycles. The number of nitrogens with one attached hydrogen (secondary N) is 1. The van der Waals surface area contributed by atoms with E-state index in [0.29, 0.717) is 18.0 Å². The Morgan fingerprint density at radius 3 is 2.55 bits per heavy atom. The monoisotopic (exact) mass is 446 g/mol. The van der Waals surface area contributed by atoms with Crippen molar-refractivity contribution in [2.75, 3.05) is 20.4 Å². The van der Waals surface area contributed by atoms with E-state index in [-0.39, 0.29) is 18.6 Å². The van der Waals surface area contributed by atoms with Crippen molar-refractivity contribution in [3.63, 3.8) is 0 Å². The van der Waals surface area contributed by atoms with Gasteiger partial charge in [0.2, 0.25) is 6.79 Å². The van der Waals surface area contributed by atoms with Crippen LogP contribution in [0.15, 0.2) is 54.6 Å². The van der Waals surface area contributed by atoms with Crippen LogP contribution in [0.4, 0.5) is 0 Å². The summed E-state index contributed by atoms with van der Waals surface area (Å²) in [7, 11) is 1.62. The minimum Gasteiger partial charge on any atom is -0.497 e. The van der Waals surface area contributed by atoms with Crippen molar-refractivity contribution in [1.29, 1.82) is 0 Å². The number of pyridine rings is 1. The summed E-state index contributed by atoms with van der Waals surface area (Å²) in [6.07, 6.45) is 0. The van der Waals surface area contributed by atoms with Crippen LogP contribution in [0.2, 0.25) is 0 Å². The SMILES string of the molecule is CCNCc1ccc2c(n1)[C@@H](c1ccc(OC)cc1)[C@H](C(=O)O)[C@H]2c1ccc2c(c1)OCO2. The predicted octanol–water partition coefficient (Wildman–Crippen LogP) is 3.91. The van der Waals surface area contributed by atoms with Crippen LogP contribution >= 0.6 is 0 Å². The van der Waals surface area contributed by atoms with E-state index in [1.54, 1.807) is 7.11 Å². The zero-order chi connectivity index (χ0) is 22.9. The zero-order valence-electron chi connectivity index (χ0n) is 18.6. The Morgan fingerprint density at radius 1 is 1.06 bits per heavy atom. The summed E-state index contributed by atoms with van der Waals surface area (Å²) in [5.74, 6) is -0.275. The molecule has 1 aliphatic carbocycles. The maximum Gasteiger partial charge on any atom is 0.308 e. The van der Waals surface area contributed by atoms with Crippen molar-refractivity contribution in [2.24, 2.45) is 5.92 Å². The summed E-state index contributed by atoms with van der Waals surface area (Å²) < 4.78 is 16.3. The summed E-state index contributed by atoms with van der Waals surface area (Å²) in [5.41, 5.74) is 4.42. The Labute approximate surface area is 192 Å². The average molecular weight is 447 g/mol. The number of carboxylic acid groups (broad SMARTS) is 1. The van der Waals surface area contributed by atoms with Crippen LogP contribution in [-0.4, -0.2) is 36.5 Å². The van der Waals surface area contributed by atoms with Gasteiger partial charge in [0.15, 0.2) is 11.5 Å². The molecule has 2 N–H and O–H groups in total. The van der Waals surface area contributed by atoms with E-state index in [2.05, 4.69) is 5.32 Å². The number of methoxy groups -OCH3 is 1. The smallest absolute Gasteiger partial charge is 0.308 e. The van der Waals surface area contributed by atoms with Crippen LogP contribution in [0.5, 0.6) is 17.2 Å². The second kappa shape index (κ2) is 8.75. The topological polar surface area (TPSA) is 89.9 Å². The van der Waals surface area contributed by atoms with E-state index in [9.17, 15) is 9.90 Å². The van der Waals surface area contributed by atoms with Crippen molar-refractivity contribution in [3.8, 4) is 17.2 Å². The lowest BCUT2D eigenvalue weighted by molar-refractivity contribution is -0.142. The number of carbonyl (C=O) groups is 1. The van der Waals surface area contributed by atoms with Gasteiger partial charge in [-0.2, -0.15) is 0 Å². The molecule has 170 valence electrons. The van der Waals surface area contributed by atoms with Gasteiger partial charge in [-0.1, -0.05) is 31.2 Å². The fourth-order valence-corrected chi connectivity index (χ4v) is 4.90. The number of nitrogens with zero attached hydrogens (tertiary/aromatic N) is 1. The Morgan fingerprint density at radius 2 is 1.82 bits per heavy atom. The molecule has 0 saturated carbocycles. The molecule has 3 aromatic rings. The van der Waals surface area contributed by atoms with E-state index in [1.807, 2.05) is 61.5 Å². The fourth-order valence-electron chi connectivity index (χ4n) is 4.90. The first-order chi connectivity index (χ1) is 16.1. The molecule has 2 aliphatic rings. The molecule has 0 amide bonds. The highest BCUT2D eigenvalue weighted by atomic mass is 16.7. The lowest BCUT2D eigenvalue weighted by Crippen LogP contribution is -2.24. The molecule has 0 fully saturated rings. The lowest BCUT2D eigenvalue weighted by atomic mass is 9.80. The molecule has 0 radical (unpaired) electrons. The molecular weight excluding hydrogens is 420 g/mol. The summed E-state index contributed by atoms with van der Waals surface area (Å²) in [5, 5.41) is 13.7. The minimum atomic E-state index is -0.857. The van der Waals surface area contributed by atoms with Gasteiger partial charge in [0, 0.05) is 18.4 Å². The number of benzene rings is 2. The van der Waals surface area contributed by atoms with Crippen LogP contribution in [0, 0.1) is 5.92 Å². The quantitative estimate of drug-likeness (QED) is 0.569. The third-order valence-electron chi connectivity index (χ3n) is 6.43. The normalized spacial score (nSPS) is 20.5. The number of hydrogen-bond donors (Lipinski definition) is 2. The number of fused-ring (bicyclic) bond motifs is 2. The van der Waals surface area contributed by atoms with Gasteiger partial charge < -0.3 is 24.6 Å². The summed E-state index contributed by atoms with van der Waals surface area (Å²) in [6, 6.07) is 17.3. The van der Waals surface area contributed by atoms with Crippen molar-refractivity contribution < 1.29 is 24.1 Å². The minimum absolute atomic E-state index is 0.173. The molecule has 2 aromatic carbocycles. The molecule has 2 heterocycles. The van der Waals surface area contributed by atoms with Crippen molar-refractivity contribution in [1.82, 2.24) is 10.3 Å². The second-order valence-corrected chi connectivity index (χ2v) is 8.26. The molecule has 3 atom stereocenters. The maximum absolute atomic E-state index is 12.7. The van der Waals surface area contributed by atoms with E-state index >= 15 is 0 Å². The molecule has 5 rings (SSSR count). The van der Waals surface area contributed by atoms with Crippen LogP contribution in [-0.2, 0) is 11.3 Å². The van der Waals surface area contributed by atoms with Crippen molar-refractivity contribution in [2.45, 2.75) is 25.3 Å².